The Hall–Kier alpha value is 0.0569. The summed E-state index contributed by atoms with van der Waals surface area (Å²) in [6, 6.07) is 0.962. The van der Waals surface area contributed by atoms with Crippen molar-refractivity contribution in [3.8, 4) is 0 Å². The lowest BCUT2D eigenvalue weighted by atomic mass is 10.1. The molecule has 4 nitrogen and oxygen atoms in total. The molecule has 0 radical (unpaired) electrons. The Labute approximate surface area is 222 Å². The third-order valence-corrected chi connectivity index (χ3v) is 9.97. The van der Waals surface area contributed by atoms with Crippen LogP contribution < -0.4 is 0 Å². The Morgan fingerprint density at radius 2 is 0.771 bits per heavy atom. The first-order valence-corrected chi connectivity index (χ1v) is 17.6. The molecule has 0 bridgehead atoms. The molecular formula is C30H66NO3Si+. The number of hydrogen-bond donors (Lipinski definition) is 0. The van der Waals surface area contributed by atoms with E-state index in [0.717, 1.165) is 75.3 Å². The number of rotatable bonds is 28. The molecule has 0 aliphatic carbocycles. The van der Waals surface area contributed by atoms with E-state index >= 15 is 0 Å². The zero-order valence-electron chi connectivity index (χ0n) is 25.1. The van der Waals surface area contributed by atoms with Gasteiger partial charge in [0, 0.05) is 32.3 Å². The molecule has 0 aromatic heterocycles. The van der Waals surface area contributed by atoms with Crippen LogP contribution in [0.3, 0.4) is 0 Å². The molecule has 0 saturated heterocycles. The molecule has 5 heteroatoms. The molecule has 0 atom stereocenters. The lowest BCUT2D eigenvalue weighted by Crippen LogP contribution is -2.48. The van der Waals surface area contributed by atoms with E-state index in [4.69, 9.17) is 13.3 Å². The molecule has 0 aliphatic heterocycles. The van der Waals surface area contributed by atoms with Gasteiger partial charge in [0.2, 0.25) is 0 Å². The third-order valence-electron chi connectivity index (χ3n) is 7.07. The molecule has 0 saturated carbocycles. The summed E-state index contributed by atoms with van der Waals surface area (Å²) >= 11 is 0. The van der Waals surface area contributed by atoms with Crippen molar-refractivity contribution in [3.05, 3.63) is 0 Å². The smallest absolute Gasteiger partial charge is 0.373 e. The highest BCUT2D eigenvalue weighted by Crippen LogP contribution is 2.22. The monoisotopic (exact) mass is 516 g/mol. The average Bonchev–Trinajstić information content (AvgIpc) is 2.83. The summed E-state index contributed by atoms with van der Waals surface area (Å²) in [5.74, 6) is 0. The molecule has 0 amide bonds. The fraction of sp³-hybridized carbons (Fsp3) is 1.00. The molecule has 0 unspecified atom stereocenters. The van der Waals surface area contributed by atoms with Gasteiger partial charge < -0.3 is 17.8 Å². The number of nitrogens with zero attached hydrogens (tertiary/aromatic N) is 1. The Morgan fingerprint density at radius 3 is 1.17 bits per heavy atom. The maximum absolute atomic E-state index is 6.44. The molecule has 0 fully saturated rings. The maximum atomic E-state index is 6.44. The van der Waals surface area contributed by atoms with Crippen LogP contribution >= 0.6 is 0 Å². The summed E-state index contributed by atoms with van der Waals surface area (Å²) < 4.78 is 20.4. The highest BCUT2D eigenvalue weighted by molar-refractivity contribution is 6.60. The number of unbranched alkanes of at least 4 members (excludes halogenated alkanes) is 13. The highest BCUT2D eigenvalue weighted by Gasteiger charge is 2.41. The van der Waals surface area contributed by atoms with Crippen molar-refractivity contribution in [1.29, 1.82) is 0 Å². The zero-order chi connectivity index (χ0) is 26.1. The van der Waals surface area contributed by atoms with Gasteiger partial charge in [-0.3, -0.25) is 0 Å². The first-order chi connectivity index (χ1) is 16.9. The molecule has 0 N–H and O–H groups in total. The third kappa shape index (κ3) is 21.8. The average molecular weight is 517 g/mol. The molecule has 212 valence electrons. The van der Waals surface area contributed by atoms with E-state index in [1.807, 2.05) is 0 Å². The minimum atomic E-state index is -2.58. The zero-order valence-corrected chi connectivity index (χ0v) is 26.1. The topological polar surface area (TPSA) is 27.7 Å². The second-order valence-corrected chi connectivity index (χ2v) is 14.0. The van der Waals surface area contributed by atoms with Gasteiger partial charge in [-0.15, -0.1) is 0 Å². The predicted octanol–water partition coefficient (Wildman–Crippen LogP) is 9.15. The first kappa shape index (κ1) is 35.1. The summed E-state index contributed by atoms with van der Waals surface area (Å²) in [7, 11) is 2.21. The molecule has 0 aliphatic rings. The fourth-order valence-corrected chi connectivity index (χ4v) is 7.14. The summed E-state index contributed by atoms with van der Waals surface area (Å²) in [4.78, 5) is 0. The van der Waals surface area contributed by atoms with Crippen LogP contribution in [0.1, 0.15) is 143 Å². The normalized spacial score (nSPS) is 12.5. The molecule has 0 aromatic carbocycles. The lowest BCUT2D eigenvalue weighted by molar-refractivity contribution is -0.890. The molecule has 0 spiro atoms. The van der Waals surface area contributed by atoms with Gasteiger partial charge in [-0.05, 0) is 32.1 Å². The van der Waals surface area contributed by atoms with Crippen LogP contribution in [-0.4, -0.2) is 60.3 Å². The molecular weight excluding hydrogens is 450 g/mol. The van der Waals surface area contributed by atoms with Crippen LogP contribution in [0.15, 0.2) is 0 Å². The van der Waals surface area contributed by atoms with E-state index in [0.29, 0.717) is 0 Å². The Morgan fingerprint density at radius 1 is 0.429 bits per heavy atom. The van der Waals surface area contributed by atoms with Crippen molar-refractivity contribution >= 4 is 8.80 Å². The molecule has 0 aromatic rings. The molecule has 0 rings (SSSR count). The van der Waals surface area contributed by atoms with Crippen LogP contribution in [-0.2, 0) is 13.3 Å². The van der Waals surface area contributed by atoms with Crippen LogP contribution in [0.2, 0.25) is 6.04 Å². The predicted molar refractivity (Wildman–Crippen MR) is 156 cm³/mol. The van der Waals surface area contributed by atoms with E-state index in [1.54, 1.807) is 0 Å². The Balaban J connectivity index is 4.34. The van der Waals surface area contributed by atoms with Crippen molar-refractivity contribution in [1.82, 2.24) is 0 Å². The van der Waals surface area contributed by atoms with Gasteiger partial charge in [0.05, 0.1) is 27.2 Å². The van der Waals surface area contributed by atoms with E-state index in [-0.39, 0.29) is 0 Å². The quantitative estimate of drug-likeness (QED) is 0.0589. The van der Waals surface area contributed by atoms with Crippen molar-refractivity contribution in [2.75, 3.05) is 47.0 Å². The van der Waals surface area contributed by atoms with Gasteiger partial charge in [-0.2, -0.15) is 0 Å². The van der Waals surface area contributed by atoms with Crippen LogP contribution in [0.25, 0.3) is 0 Å². The van der Waals surface area contributed by atoms with E-state index < -0.39 is 8.80 Å². The van der Waals surface area contributed by atoms with Crippen molar-refractivity contribution in [2.24, 2.45) is 0 Å². The van der Waals surface area contributed by atoms with E-state index in [2.05, 4.69) is 41.8 Å². The Kier molecular flexibility index (Phi) is 24.4. The fourth-order valence-electron chi connectivity index (χ4n) is 4.50. The standard InChI is InChI=1S/C30H66NO3Si/c1-7-11-15-16-17-18-19-20-21-22-23-25-31(5,6)26-24-30-35(32-27-12-8-2,33-28-13-9-3)34-29-14-10-4/h7-30H2,1-6H3/q+1. The second kappa shape index (κ2) is 24.4. The first-order valence-electron chi connectivity index (χ1n) is 15.7. The summed E-state index contributed by atoms with van der Waals surface area (Å²) in [5.41, 5.74) is 0. The molecule has 35 heavy (non-hydrogen) atoms. The van der Waals surface area contributed by atoms with Crippen molar-refractivity contribution in [2.45, 2.75) is 149 Å². The van der Waals surface area contributed by atoms with Gasteiger partial charge >= 0.3 is 8.80 Å². The largest absolute Gasteiger partial charge is 0.501 e. The minimum Gasteiger partial charge on any atom is -0.373 e. The number of hydrogen-bond acceptors (Lipinski definition) is 3. The SMILES string of the molecule is CCCCCCCCCCCCC[N+](C)(C)CCC[Si](OCCCC)(OCCCC)OCCCC. The van der Waals surface area contributed by atoms with E-state index in [1.165, 1.54) is 83.7 Å². The lowest BCUT2D eigenvalue weighted by Gasteiger charge is -2.33. The van der Waals surface area contributed by atoms with Gasteiger partial charge in [0.15, 0.2) is 0 Å². The van der Waals surface area contributed by atoms with Crippen LogP contribution in [0.4, 0.5) is 0 Å². The summed E-state index contributed by atoms with van der Waals surface area (Å²) in [6.45, 7) is 13.7. The van der Waals surface area contributed by atoms with Crippen molar-refractivity contribution in [3.63, 3.8) is 0 Å². The van der Waals surface area contributed by atoms with Gasteiger partial charge in [-0.1, -0.05) is 105 Å². The van der Waals surface area contributed by atoms with Gasteiger partial charge in [0.1, 0.15) is 0 Å². The van der Waals surface area contributed by atoms with Gasteiger partial charge in [-0.25, -0.2) is 0 Å². The molecule has 0 heterocycles. The Bertz CT molecular complexity index is 407. The van der Waals surface area contributed by atoms with E-state index in [9.17, 15) is 0 Å². The van der Waals surface area contributed by atoms with Crippen molar-refractivity contribution < 1.29 is 17.8 Å². The minimum absolute atomic E-state index is 0.776. The summed E-state index contributed by atoms with van der Waals surface area (Å²) in [6.07, 6.45) is 23.4. The maximum Gasteiger partial charge on any atom is 0.501 e. The summed E-state index contributed by atoms with van der Waals surface area (Å²) in [5, 5.41) is 0. The highest BCUT2D eigenvalue weighted by atomic mass is 28.4. The van der Waals surface area contributed by atoms with Crippen LogP contribution in [0.5, 0.6) is 0 Å². The second-order valence-electron chi connectivity index (χ2n) is 11.3. The van der Waals surface area contributed by atoms with Crippen LogP contribution in [0, 0.1) is 0 Å². The number of quaternary nitrogens is 1. The van der Waals surface area contributed by atoms with Gasteiger partial charge in [0.25, 0.3) is 0 Å².